The number of esters is 1. The first kappa shape index (κ1) is 28.7. The average molecular weight is 490 g/mol. The number of carbonyl (C=O) groups is 4. The molecule has 0 spiro atoms. The van der Waals surface area contributed by atoms with Gasteiger partial charge in [0.25, 0.3) is 0 Å². The van der Waals surface area contributed by atoms with Crippen molar-refractivity contribution in [2.24, 2.45) is 17.8 Å². The first-order valence-electron chi connectivity index (χ1n) is 12.4. The van der Waals surface area contributed by atoms with E-state index in [1.165, 1.54) is 13.2 Å². The second-order valence-electron chi connectivity index (χ2n) is 9.62. The lowest BCUT2D eigenvalue weighted by Gasteiger charge is -2.31. The maximum atomic E-state index is 12.8. The van der Waals surface area contributed by atoms with E-state index in [9.17, 15) is 24.3 Å². The maximum Gasteiger partial charge on any atom is 0.331 e. The fourth-order valence-corrected chi connectivity index (χ4v) is 4.62. The van der Waals surface area contributed by atoms with Gasteiger partial charge < -0.3 is 14.6 Å². The van der Waals surface area contributed by atoms with Crippen LogP contribution < -0.4 is 5.32 Å². The molecule has 0 saturated carbocycles. The van der Waals surface area contributed by atoms with Crippen LogP contribution in [-0.4, -0.2) is 54.1 Å². The van der Waals surface area contributed by atoms with Crippen molar-refractivity contribution >= 4 is 23.6 Å². The SMILES string of the molecule is COC1C=CCCC=CC(=O)OC(C(C)=CC(C)C(=O)CCCC2CC(=O)NC(=O)C2)C(C)C1O. The molecule has 8 nitrogen and oxygen atoms in total. The van der Waals surface area contributed by atoms with Crippen molar-refractivity contribution in [2.75, 3.05) is 7.11 Å². The molecule has 2 amide bonds. The van der Waals surface area contributed by atoms with Crippen LogP contribution in [0, 0.1) is 17.8 Å². The van der Waals surface area contributed by atoms with E-state index in [0.717, 1.165) is 6.42 Å². The molecule has 2 aliphatic heterocycles. The molecule has 2 rings (SSSR count). The van der Waals surface area contributed by atoms with Gasteiger partial charge >= 0.3 is 5.97 Å². The Hall–Kier alpha value is -2.58. The largest absolute Gasteiger partial charge is 0.454 e. The van der Waals surface area contributed by atoms with Crippen molar-refractivity contribution in [3.05, 3.63) is 36.0 Å². The van der Waals surface area contributed by atoms with E-state index in [4.69, 9.17) is 9.47 Å². The number of imide groups is 1. The third kappa shape index (κ3) is 9.18. The van der Waals surface area contributed by atoms with Crippen molar-refractivity contribution in [1.29, 1.82) is 0 Å². The summed E-state index contributed by atoms with van der Waals surface area (Å²) < 4.78 is 11.2. The number of aliphatic hydroxyl groups excluding tert-OH is 1. The number of piperidine rings is 1. The second-order valence-corrected chi connectivity index (χ2v) is 9.62. The van der Waals surface area contributed by atoms with Crippen LogP contribution in [-0.2, 0) is 28.7 Å². The lowest BCUT2D eigenvalue weighted by atomic mass is 9.87. The first-order valence-corrected chi connectivity index (χ1v) is 12.4. The molecular weight excluding hydrogens is 450 g/mol. The number of carbonyl (C=O) groups excluding carboxylic acids is 4. The van der Waals surface area contributed by atoms with E-state index in [-0.39, 0.29) is 23.5 Å². The number of ketones is 1. The molecule has 8 heteroatoms. The fourth-order valence-electron chi connectivity index (χ4n) is 4.62. The summed E-state index contributed by atoms with van der Waals surface area (Å²) in [6.45, 7) is 5.39. The number of ether oxygens (including phenoxy) is 2. The summed E-state index contributed by atoms with van der Waals surface area (Å²) in [5.41, 5.74) is 0.685. The van der Waals surface area contributed by atoms with Crippen LogP contribution in [0.3, 0.4) is 0 Å². The Morgan fingerprint density at radius 3 is 2.54 bits per heavy atom. The van der Waals surface area contributed by atoms with E-state index in [1.54, 1.807) is 32.9 Å². The number of hydrogen-bond donors (Lipinski definition) is 2. The predicted octanol–water partition coefficient (Wildman–Crippen LogP) is 3.19. The third-order valence-corrected chi connectivity index (χ3v) is 6.68. The summed E-state index contributed by atoms with van der Waals surface area (Å²) >= 11 is 0. The summed E-state index contributed by atoms with van der Waals surface area (Å²) in [5, 5.41) is 13.2. The topological polar surface area (TPSA) is 119 Å². The molecule has 1 fully saturated rings. The first-order chi connectivity index (χ1) is 16.6. The molecule has 0 aromatic rings. The molecule has 0 bridgehead atoms. The normalized spacial score (nSPS) is 28.0. The molecule has 2 aliphatic rings. The van der Waals surface area contributed by atoms with Crippen LogP contribution in [0.4, 0.5) is 0 Å². The number of aliphatic hydroxyl groups is 1. The van der Waals surface area contributed by atoms with Gasteiger partial charge in [-0.25, -0.2) is 4.79 Å². The average Bonchev–Trinajstić information content (AvgIpc) is 2.79. The molecule has 0 radical (unpaired) electrons. The zero-order valence-corrected chi connectivity index (χ0v) is 21.2. The van der Waals surface area contributed by atoms with Crippen molar-refractivity contribution in [3.8, 4) is 0 Å². The molecule has 5 unspecified atom stereocenters. The monoisotopic (exact) mass is 489 g/mol. The molecule has 0 aliphatic carbocycles. The van der Waals surface area contributed by atoms with E-state index in [2.05, 4.69) is 5.32 Å². The summed E-state index contributed by atoms with van der Waals surface area (Å²) in [5.74, 6) is -1.89. The molecule has 2 heterocycles. The second kappa shape index (κ2) is 14.1. The summed E-state index contributed by atoms with van der Waals surface area (Å²) in [6.07, 6.45) is 10.1. The molecule has 5 atom stereocenters. The number of methoxy groups -OCH3 is 1. The fraction of sp³-hybridized carbons (Fsp3) is 0.630. The van der Waals surface area contributed by atoms with Gasteiger partial charge in [-0.1, -0.05) is 38.2 Å². The quantitative estimate of drug-likeness (QED) is 0.305. The van der Waals surface area contributed by atoms with E-state index < -0.39 is 36.1 Å². The van der Waals surface area contributed by atoms with Gasteiger partial charge in [0.05, 0.1) is 6.10 Å². The van der Waals surface area contributed by atoms with Gasteiger partial charge in [-0.3, -0.25) is 19.7 Å². The van der Waals surface area contributed by atoms with Crippen molar-refractivity contribution in [3.63, 3.8) is 0 Å². The lowest BCUT2D eigenvalue weighted by molar-refractivity contribution is -0.147. The molecule has 1 saturated heterocycles. The molecule has 0 aromatic carbocycles. The lowest BCUT2D eigenvalue weighted by Crippen LogP contribution is -2.41. The van der Waals surface area contributed by atoms with Crippen LogP contribution >= 0.6 is 0 Å². The summed E-state index contributed by atoms with van der Waals surface area (Å²) in [7, 11) is 1.52. The zero-order valence-electron chi connectivity index (χ0n) is 21.2. The van der Waals surface area contributed by atoms with Gasteiger partial charge in [0, 0.05) is 44.3 Å². The van der Waals surface area contributed by atoms with Crippen LogP contribution in [0.1, 0.15) is 65.7 Å². The van der Waals surface area contributed by atoms with Gasteiger partial charge in [-0.05, 0) is 44.1 Å². The smallest absolute Gasteiger partial charge is 0.331 e. The number of allylic oxidation sites excluding steroid dienone is 3. The van der Waals surface area contributed by atoms with E-state index in [1.807, 2.05) is 12.2 Å². The number of hydrogen-bond acceptors (Lipinski definition) is 7. The summed E-state index contributed by atoms with van der Waals surface area (Å²) in [4.78, 5) is 48.2. The van der Waals surface area contributed by atoms with Crippen molar-refractivity contribution < 1.29 is 33.8 Å². The highest BCUT2D eigenvalue weighted by Gasteiger charge is 2.33. The molecule has 0 aromatic heterocycles. The highest BCUT2D eigenvalue weighted by atomic mass is 16.5. The van der Waals surface area contributed by atoms with E-state index >= 15 is 0 Å². The van der Waals surface area contributed by atoms with Crippen molar-refractivity contribution in [1.82, 2.24) is 5.32 Å². The van der Waals surface area contributed by atoms with Crippen LogP contribution in [0.2, 0.25) is 0 Å². The molecule has 2 N–H and O–H groups in total. The zero-order chi connectivity index (χ0) is 26.0. The number of Topliss-reactive ketones (excluding diaryl/α,β-unsaturated/α-hetero) is 1. The van der Waals surface area contributed by atoms with Gasteiger partial charge in [0.2, 0.25) is 11.8 Å². The third-order valence-electron chi connectivity index (χ3n) is 6.68. The number of nitrogens with one attached hydrogen (secondary N) is 1. The van der Waals surface area contributed by atoms with Gasteiger partial charge in [0.1, 0.15) is 18.0 Å². The summed E-state index contributed by atoms with van der Waals surface area (Å²) in [6, 6.07) is 0. The van der Waals surface area contributed by atoms with Crippen LogP contribution in [0.5, 0.6) is 0 Å². The van der Waals surface area contributed by atoms with Crippen LogP contribution in [0.25, 0.3) is 0 Å². The predicted molar refractivity (Wildman–Crippen MR) is 131 cm³/mol. The molecule has 35 heavy (non-hydrogen) atoms. The number of rotatable bonds is 8. The van der Waals surface area contributed by atoms with Gasteiger partial charge in [-0.2, -0.15) is 0 Å². The minimum atomic E-state index is -0.915. The minimum absolute atomic E-state index is 0.0227. The van der Waals surface area contributed by atoms with Gasteiger partial charge in [0.15, 0.2) is 0 Å². The van der Waals surface area contributed by atoms with Crippen molar-refractivity contribution in [2.45, 2.75) is 84.0 Å². The maximum absolute atomic E-state index is 12.8. The molecular formula is C27H39NO7. The number of cyclic esters (lactones) is 1. The molecule has 194 valence electrons. The Kier molecular flexibility index (Phi) is 11.5. The standard InChI is InChI=1S/C27H39NO7/c1-17(21(29)11-9-10-20-15-23(30)28-24(31)16-20)14-18(2)27-19(3)26(33)22(34-4)12-7-5-6-8-13-25(32)35-27/h7-8,12-14,17,19-20,22,26-27,33H,5-6,9-11,15-16H2,1-4H3,(H,28,30,31). The Bertz CT molecular complexity index is 844. The Morgan fingerprint density at radius 1 is 1.23 bits per heavy atom. The minimum Gasteiger partial charge on any atom is -0.454 e. The Balaban J connectivity index is 2.05. The number of amides is 2. The Labute approximate surface area is 207 Å². The van der Waals surface area contributed by atoms with Crippen LogP contribution in [0.15, 0.2) is 36.0 Å². The van der Waals surface area contributed by atoms with Gasteiger partial charge in [-0.15, -0.1) is 0 Å². The Morgan fingerprint density at radius 2 is 1.89 bits per heavy atom. The highest BCUT2D eigenvalue weighted by molar-refractivity contribution is 5.97. The van der Waals surface area contributed by atoms with E-state index in [0.29, 0.717) is 44.1 Å². The highest BCUT2D eigenvalue weighted by Crippen LogP contribution is 2.26.